The van der Waals surface area contributed by atoms with E-state index in [-0.39, 0.29) is 29.9 Å². The molecule has 2 aliphatic heterocycles. The zero-order valence-electron chi connectivity index (χ0n) is 19.0. The monoisotopic (exact) mass is 469 g/mol. The van der Waals surface area contributed by atoms with Gasteiger partial charge in [-0.25, -0.2) is 0 Å². The Morgan fingerprint density at radius 1 is 1.21 bits per heavy atom. The van der Waals surface area contributed by atoms with Crippen molar-refractivity contribution in [3.8, 4) is 5.75 Å². The molecule has 1 amide bonds. The highest BCUT2D eigenvalue weighted by molar-refractivity contribution is 6.46. The minimum atomic E-state index is -0.726. The Kier molecular flexibility index (Phi) is 6.77. The number of ether oxygens (including phenoxy) is 2. The third-order valence-corrected chi connectivity index (χ3v) is 6.53. The molecule has 2 atom stereocenters. The van der Waals surface area contributed by atoms with E-state index in [1.807, 2.05) is 19.9 Å². The first kappa shape index (κ1) is 23.3. The summed E-state index contributed by atoms with van der Waals surface area (Å²) >= 11 is 6.08. The Bertz CT molecular complexity index is 1090. The number of ketones is 1. The first-order valence-corrected chi connectivity index (χ1v) is 11.5. The van der Waals surface area contributed by atoms with Gasteiger partial charge in [-0.05, 0) is 60.2 Å². The maximum atomic E-state index is 13.2. The predicted octanol–water partition coefficient (Wildman–Crippen LogP) is 5.07. The van der Waals surface area contributed by atoms with Gasteiger partial charge < -0.3 is 19.5 Å². The fourth-order valence-electron chi connectivity index (χ4n) is 4.56. The number of halogens is 1. The summed E-state index contributed by atoms with van der Waals surface area (Å²) in [5, 5.41) is 11.9. The van der Waals surface area contributed by atoms with E-state index < -0.39 is 17.7 Å². The van der Waals surface area contributed by atoms with E-state index in [4.69, 9.17) is 21.1 Å². The molecule has 0 saturated carbocycles. The molecular formula is C26H28ClNO5. The van der Waals surface area contributed by atoms with Crippen molar-refractivity contribution in [1.29, 1.82) is 0 Å². The van der Waals surface area contributed by atoms with Gasteiger partial charge in [0.25, 0.3) is 11.7 Å². The van der Waals surface area contributed by atoms with E-state index in [0.29, 0.717) is 28.5 Å². The molecule has 2 aliphatic rings. The molecule has 0 radical (unpaired) electrons. The van der Waals surface area contributed by atoms with Gasteiger partial charge in [0.2, 0.25) is 0 Å². The van der Waals surface area contributed by atoms with Crippen LogP contribution in [-0.4, -0.2) is 48.1 Å². The molecule has 0 bridgehead atoms. The molecule has 174 valence electrons. The van der Waals surface area contributed by atoms with Crippen molar-refractivity contribution < 1.29 is 24.2 Å². The van der Waals surface area contributed by atoms with Crippen LogP contribution in [0.4, 0.5) is 0 Å². The maximum absolute atomic E-state index is 13.2. The molecule has 33 heavy (non-hydrogen) atoms. The summed E-state index contributed by atoms with van der Waals surface area (Å²) in [5.74, 6) is -0.694. The maximum Gasteiger partial charge on any atom is 0.295 e. The Hall–Kier alpha value is -2.83. The van der Waals surface area contributed by atoms with Crippen LogP contribution >= 0.6 is 11.6 Å². The summed E-state index contributed by atoms with van der Waals surface area (Å²) in [6.45, 7) is 4.98. The third kappa shape index (κ3) is 4.50. The number of Topliss-reactive ketones (excluding diaryl/α,β-unsaturated/α-hetero) is 1. The van der Waals surface area contributed by atoms with E-state index in [9.17, 15) is 14.7 Å². The van der Waals surface area contributed by atoms with E-state index in [1.54, 1.807) is 43.5 Å². The van der Waals surface area contributed by atoms with Crippen molar-refractivity contribution in [2.24, 2.45) is 0 Å². The van der Waals surface area contributed by atoms with Crippen molar-refractivity contribution >= 4 is 29.1 Å². The number of carbonyl (C=O) groups is 2. The Morgan fingerprint density at radius 2 is 1.94 bits per heavy atom. The van der Waals surface area contributed by atoms with Crippen LogP contribution in [0.2, 0.25) is 5.02 Å². The second kappa shape index (κ2) is 9.57. The van der Waals surface area contributed by atoms with Gasteiger partial charge in [-0.2, -0.15) is 0 Å². The Labute approximate surface area is 198 Å². The highest BCUT2D eigenvalue weighted by Crippen LogP contribution is 2.41. The van der Waals surface area contributed by atoms with Crippen LogP contribution in [0.15, 0.2) is 48.0 Å². The van der Waals surface area contributed by atoms with Crippen LogP contribution in [-0.2, 0) is 14.3 Å². The van der Waals surface area contributed by atoms with E-state index in [1.165, 1.54) is 4.90 Å². The molecule has 0 aliphatic carbocycles. The van der Waals surface area contributed by atoms with E-state index >= 15 is 0 Å². The number of aliphatic hydroxyl groups is 1. The van der Waals surface area contributed by atoms with Crippen molar-refractivity contribution in [3.63, 3.8) is 0 Å². The van der Waals surface area contributed by atoms with Crippen LogP contribution in [0.1, 0.15) is 55.3 Å². The van der Waals surface area contributed by atoms with Crippen molar-refractivity contribution in [1.82, 2.24) is 4.90 Å². The number of methoxy groups -OCH3 is 1. The van der Waals surface area contributed by atoms with Gasteiger partial charge in [0.05, 0.1) is 24.8 Å². The number of rotatable bonds is 6. The van der Waals surface area contributed by atoms with Gasteiger partial charge in [-0.1, -0.05) is 37.6 Å². The standard InChI is InChI=1S/C26H28ClNO5/c1-15(2)20-13-17(8-11-21(20)32-3)24(29)22-23(16-6-9-18(27)10-7-16)28(26(31)25(22)30)14-19-5-4-12-33-19/h6-11,13,15,19,23,29H,4-5,12,14H2,1-3H3/b24-22-. The number of nitrogens with zero attached hydrogens (tertiary/aromatic N) is 1. The second-order valence-electron chi connectivity index (χ2n) is 8.75. The molecular weight excluding hydrogens is 442 g/mol. The number of likely N-dealkylation sites (tertiary alicyclic amines) is 1. The topological polar surface area (TPSA) is 76.1 Å². The van der Waals surface area contributed by atoms with Crippen molar-refractivity contribution in [3.05, 3.63) is 69.8 Å². The zero-order valence-corrected chi connectivity index (χ0v) is 19.8. The number of hydrogen-bond acceptors (Lipinski definition) is 5. The summed E-state index contributed by atoms with van der Waals surface area (Å²) < 4.78 is 11.2. The minimum Gasteiger partial charge on any atom is -0.507 e. The summed E-state index contributed by atoms with van der Waals surface area (Å²) in [6.07, 6.45) is 1.61. The van der Waals surface area contributed by atoms with Gasteiger partial charge in [0.1, 0.15) is 11.5 Å². The van der Waals surface area contributed by atoms with Gasteiger partial charge >= 0.3 is 0 Å². The largest absolute Gasteiger partial charge is 0.507 e. The SMILES string of the molecule is COc1ccc(/C(O)=C2/C(=O)C(=O)N(CC3CCCO3)C2c2ccc(Cl)cc2)cc1C(C)C. The number of carbonyl (C=O) groups excluding carboxylic acids is 2. The summed E-state index contributed by atoms with van der Waals surface area (Å²) in [6, 6.07) is 11.5. The highest BCUT2D eigenvalue weighted by atomic mass is 35.5. The molecule has 2 fully saturated rings. The molecule has 6 nitrogen and oxygen atoms in total. The lowest BCUT2D eigenvalue weighted by Crippen LogP contribution is -2.36. The molecule has 1 N–H and O–H groups in total. The minimum absolute atomic E-state index is 0.0696. The van der Waals surface area contributed by atoms with Gasteiger partial charge in [0.15, 0.2) is 0 Å². The zero-order chi connectivity index (χ0) is 23.7. The van der Waals surface area contributed by atoms with E-state index in [0.717, 1.165) is 18.4 Å². The molecule has 0 aromatic heterocycles. The lowest BCUT2D eigenvalue weighted by Gasteiger charge is -2.27. The quantitative estimate of drug-likeness (QED) is 0.363. The molecule has 2 aromatic rings. The lowest BCUT2D eigenvalue weighted by atomic mass is 9.93. The normalized spacial score (nSPS) is 22.4. The van der Waals surface area contributed by atoms with Crippen LogP contribution in [0.3, 0.4) is 0 Å². The number of amides is 1. The molecule has 4 rings (SSSR count). The van der Waals surface area contributed by atoms with Gasteiger partial charge in [-0.3, -0.25) is 9.59 Å². The number of benzene rings is 2. The molecule has 2 aromatic carbocycles. The number of hydrogen-bond donors (Lipinski definition) is 1. The van der Waals surface area contributed by atoms with E-state index in [2.05, 4.69) is 0 Å². The lowest BCUT2D eigenvalue weighted by molar-refractivity contribution is -0.140. The average Bonchev–Trinajstić information content (AvgIpc) is 3.41. The smallest absolute Gasteiger partial charge is 0.295 e. The first-order valence-electron chi connectivity index (χ1n) is 11.2. The first-order chi connectivity index (χ1) is 15.8. The van der Waals surface area contributed by atoms with Crippen molar-refractivity contribution in [2.75, 3.05) is 20.3 Å². The molecule has 7 heteroatoms. The Morgan fingerprint density at radius 3 is 2.55 bits per heavy atom. The number of aliphatic hydroxyl groups excluding tert-OH is 1. The van der Waals surface area contributed by atoms with Gasteiger partial charge in [-0.15, -0.1) is 0 Å². The fourth-order valence-corrected chi connectivity index (χ4v) is 4.68. The Balaban J connectivity index is 1.84. The van der Waals surface area contributed by atoms with Crippen LogP contribution in [0.25, 0.3) is 5.76 Å². The molecule has 2 unspecified atom stereocenters. The fraction of sp³-hybridized carbons (Fsp3) is 0.385. The van der Waals surface area contributed by atoms with Crippen LogP contribution in [0.5, 0.6) is 5.75 Å². The second-order valence-corrected chi connectivity index (χ2v) is 9.19. The summed E-state index contributed by atoms with van der Waals surface area (Å²) in [5.41, 5.74) is 2.14. The molecule has 2 saturated heterocycles. The predicted molar refractivity (Wildman–Crippen MR) is 127 cm³/mol. The van der Waals surface area contributed by atoms with Crippen molar-refractivity contribution in [2.45, 2.75) is 44.8 Å². The summed E-state index contributed by atoms with van der Waals surface area (Å²) in [7, 11) is 1.60. The third-order valence-electron chi connectivity index (χ3n) is 6.28. The molecule has 0 spiro atoms. The molecule has 2 heterocycles. The van der Waals surface area contributed by atoms with Crippen LogP contribution in [0, 0.1) is 0 Å². The van der Waals surface area contributed by atoms with Gasteiger partial charge in [0, 0.05) is 23.7 Å². The average molecular weight is 470 g/mol. The van der Waals surface area contributed by atoms with Crippen LogP contribution < -0.4 is 4.74 Å². The summed E-state index contributed by atoms with van der Waals surface area (Å²) in [4.78, 5) is 27.8. The highest BCUT2D eigenvalue weighted by Gasteiger charge is 2.47.